The summed E-state index contributed by atoms with van der Waals surface area (Å²) < 4.78 is 5.17. The number of nitrogens with zero attached hydrogens (tertiary/aromatic N) is 1. The molecule has 1 rings (SSSR count). The predicted octanol–water partition coefficient (Wildman–Crippen LogP) is 3.25. The Labute approximate surface area is 165 Å². The summed E-state index contributed by atoms with van der Waals surface area (Å²) in [5.41, 5.74) is -0.464. The minimum absolute atomic E-state index is 0. The van der Waals surface area contributed by atoms with E-state index < -0.39 is 5.60 Å². The lowest BCUT2D eigenvalue weighted by molar-refractivity contribution is 0.0527. The molecule has 0 saturated carbocycles. The Kier molecular flexibility index (Phi) is 11.0. The van der Waals surface area contributed by atoms with Crippen molar-refractivity contribution in [3.05, 3.63) is 21.9 Å². The van der Waals surface area contributed by atoms with Gasteiger partial charge in [-0.05, 0) is 46.2 Å². The van der Waals surface area contributed by atoms with Crippen LogP contribution >= 0.6 is 35.3 Å². The molecule has 0 spiro atoms. The zero-order valence-electron chi connectivity index (χ0n) is 15.1. The third-order valence-electron chi connectivity index (χ3n) is 2.76. The predicted molar refractivity (Wildman–Crippen MR) is 112 cm³/mol. The second-order valence-corrected chi connectivity index (χ2v) is 7.52. The largest absolute Gasteiger partial charge is 0.444 e. The molecule has 0 unspecified atom stereocenters. The minimum Gasteiger partial charge on any atom is -0.444 e. The van der Waals surface area contributed by atoms with Gasteiger partial charge in [0.2, 0.25) is 0 Å². The maximum atomic E-state index is 11.5. The average molecular weight is 468 g/mol. The topological polar surface area (TPSA) is 74.8 Å². The maximum Gasteiger partial charge on any atom is 0.407 e. The van der Waals surface area contributed by atoms with Crippen LogP contribution < -0.4 is 16.0 Å². The third-order valence-corrected chi connectivity index (χ3v) is 3.76. The molecule has 0 radical (unpaired) electrons. The van der Waals surface area contributed by atoms with Crippen molar-refractivity contribution in [1.29, 1.82) is 0 Å². The Bertz CT molecular complexity index is 526. The van der Waals surface area contributed by atoms with Gasteiger partial charge in [-0.15, -0.1) is 35.3 Å². The van der Waals surface area contributed by atoms with Gasteiger partial charge in [-0.25, -0.2) is 4.79 Å². The van der Waals surface area contributed by atoms with E-state index in [9.17, 15) is 4.79 Å². The van der Waals surface area contributed by atoms with Gasteiger partial charge in [-0.1, -0.05) is 0 Å². The molecule has 1 aromatic heterocycles. The Morgan fingerprint density at radius 1 is 1.21 bits per heavy atom. The first-order chi connectivity index (χ1) is 10.8. The van der Waals surface area contributed by atoms with Crippen LogP contribution in [0.5, 0.6) is 0 Å². The van der Waals surface area contributed by atoms with Gasteiger partial charge in [-0.2, -0.15) is 0 Å². The number of aryl methyl sites for hydroxylation is 1. The molecule has 0 bridgehead atoms. The minimum atomic E-state index is -0.464. The van der Waals surface area contributed by atoms with Crippen molar-refractivity contribution >= 4 is 47.4 Å². The second kappa shape index (κ2) is 11.5. The Hall–Kier alpha value is -1.03. The van der Waals surface area contributed by atoms with E-state index in [1.54, 1.807) is 18.4 Å². The van der Waals surface area contributed by atoms with Crippen LogP contribution in [-0.2, 0) is 11.3 Å². The zero-order valence-corrected chi connectivity index (χ0v) is 18.2. The summed E-state index contributed by atoms with van der Waals surface area (Å²) in [6.45, 7) is 9.67. The van der Waals surface area contributed by atoms with Gasteiger partial charge in [0.1, 0.15) is 5.60 Å². The SMILES string of the molecule is CN=C(NCCCNC(=O)OC(C)(C)C)NCc1ccc(C)s1.I. The molecule has 1 aromatic rings. The van der Waals surface area contributed by atoms with Gasteiger partial charge in [0.15, 0.2) is 5.96 Å². The van der Waals surface area contributed by atoms with Gasteiger partial charge in [0, 0.05) is 29.9 Å². The number of nitrogens with one attached hydrogen (secondary N) is 3. The summed E-state index contributed by atoms with van der Waals surface area (Å²) in [5, 5.41) is 9.22. The van der Waals surface area contributed by atoms with Crippen molar-refractivity contribution in [3.8, 4) is 0 Å². The van der Waals surface area contributed by atoms with Crippen molar-refractivity contribution in [2.24, 2.45) is 4.99 Å². The molecule has 8 heteroatoms. The van der Waals surface area contributed by atoms with E-state index in [4.69, 9.17) is 4.74 Å². The molecule has 138 valence electrons. The number of hydrogen-bond donors (Lipinski definition) is 3. The molecular weight excluding hydrogens is 439 g/mol. The lowest BCUT2D eigenvalue weighted by Crippen LogP contribution is -2.38. The fourth-order valence-corrected chi connectivity index (χ4v) is 2.60. The number of thiophene rings is 1. The van der Waals surface area contributed by atoms with E-state index in [0.717, 1.165) is 25.5 Å². The Balaban J connectivity index is 0.00000529. The van der Waals surface area contributed by atoms with Crippen molar-refractivity contribution in [1.82, 2.24) is 16.0 Å². The molecule has 0 fully saturated rings. The van der Waals surface area contributed by atoms with E-state index in [1.165, 1.54) is 9.75 Å². The highest BCUT2D eigenvalue weighted by molar-refractivity contribution is 14.0. The lowest BCUT2D eigenvalue weighted by Gasteiger charge is -2.19. The van der Waals surface area contributed by atoms with Gasteiger partial charge in [0.25, 0.3) is 0 Å². The van der Waals surface area contributed by atoms with E-state index in [0.29, 0.717) is 6.54 Å². The molecule has 6 nitrogen and oxygen atoms in total. The van der Waals surface area contributed by atoms with Gasteiger partial charge >= 0.3 is 6.09 Å². The van der Waals surface area contributed by atoms with Crippen molar-refractivity contribution in [3.63, 3.8) is 0 Å². The summed E-state index contributed by atoms with van der Waals surface area (Å²) in [5.74, 6) is 0.758. The van der Waals surface area contributed by atoms with Crippen molar-refractivity contribution < 1.29 is 9.53 Å². The van der Waals surface area contributed by atoms with E-state index in [2.05, 4.69) is 40.0 Å². The molecule has 0 aliphatic heterocycles. The number of aliphatic imine (C=N–C) groups is 1. The van der Waals surface area contributed by atoms with Crippen LogP contribution in [0.4, 0.5) is 4.79 Å². The first-order valence-corrected chi connectivity index (χ1v) is 8.58. The molecule has 1 heterocycles. The van der Waals surface area contributed by atoms with Crippen LogP contribution in [0.1, 0.15) is 36.9 Å². The second-order valence-electron chi connectivity index (χ2n) is 6.15. The van der Waals surface area contributed by atoms with E-state index >= 15 is 0 Å². The molecule has 1 amide bonds. The number of guanidine groups is 1. The number of amides is 1. The fourth-order valence-electron chi connectivity index (χ4n) is 1.77. The standard InChI is InChI=1S/C16H28N4O2S.HI/c1-12-7-8-13(23-12)11-20-14(17-5)18-9-6-10-19-15(21)22-16(2,3)4;/h7-8H,6,9-11H2,1-5H3,(H,19,21)(H2,17,18,20);1H. The number of alkyl carbamates (subject to hydrolysis) is 1. The van der Waals surface area contributed by atoms with Gasteiger partial charge < -0.3 is 20.7 Å². The number of halogens is 1. The molecule has 0 aliphatic carbocycles. The number of hydrogen-bond acceptors (Lipinski definition) is 4. The molecule has 0 atom stereocenters. The first kappa shape index (κ1) is 23.0. The smallest absolute Gasteiger partial charge is 0.407 e. The zero-order chi connectivity index (χ0) is 17.3. The normalized spacial score (nSPS) is 11.5. The lowest BCUT2D eigenvalue weighted by atomic mass is 10.2. The monoisotopic (exact) mass is 468 g/mol. The summed E-state index contributed by atoms with van der Waals surface area (Å²) in [6.07, 6.45) is 0.408. The Morgan fingerprint density at radius 3 is 2.42 bits per heavy atom. The molecular formula is C16H29IN4O2S. The van der Waals surface area contributed by atoms with Crippen LogP contribution in [0.3, 0.4) is 0 Å². The number of ether oxygens (including phenoxy) is 1. The summed E-state index contributed by atoms with van der Waals surface area (Å²) in [6, 6.07) is 4.23. The highest BCUT2D eigenvalue weighted by atomic mass is 127. The van der Waals surface area contributed by atoms with Crippen LogP contribution in [0, 0.1) is 6.92 Å². The van der Waals surface area contributed by atoms with Crippen LogP contribution in [0.2, 0.25) is 0 Å². The number of rotatable bonds is 6. The summed E-state index contributed by atoms with van der Waals surface area (Å²) in [4.78, 5) is 18.2. The van der Waals surface area contributed by atoms with Crippen molar-refractivity contribution in [2.75, 3.05) is 20.1 Å². The van der Waals surface area contributed by atoms with Crippen molar-refractivity contribution in [2.45, 2.75) is 46.3 Å². The molecule has 3 N–H and O–H groups in total. The van der Waals surface area contributed by atoms with Crippen LogP contribution in [-0.4, -0.2) is 37.8 Å². The average Bonchev–Trinajstić information content (AvgIpc) is 2.85. The summed E-state index contributed by atoms with van der Waals surface area (Å²) in [7, 11) is 1.74. The number of carbonyl (C=O) groups excluding carboxylic acids is 1. The van der Waals surface area contributed by atoms with Crippen LogP contribution in [0.25, 0.3) is 0 Å². The molecule has 0 aromatic carbocycles. The maximum absolute atomic E-state index is 11.5. The van der Waals surface area contributed by atoms with Gasteiger partial charge in [-0.3, -0.25) is 4.99 Å². The third kappa shape index (κ3) is 10.7. The fraction of sp³-hybridized carbons (Fsp3) is 0.625. The highest BCUT2D eigenvalue weighted by Gasteiger charge is 2.15. The first-order valence-electron chi connectivity index (χ1n) is 7.77. The Morgan fingerprint density at radius 2 is 1.88 bits per heavy atom. The van der Waals surface area contributed by atoms with Gasteiger partial charge in [0.05, 0.1) is 6.54 Å². The molecule has 0 saturated heterocycles. The van der Waals surface area contributed by atoms with E-state index in [1.807, 2.05) is 20.8 Å². The van der Waals surface area contributed by atoms with E-state index in [-0.39, 0.29) is 30.1 Å². The molecule has 0 aliphatic rings. The quantitative estimate of drug-likeness (QED) is 0.259. The number of carbonyl (C=O) groups is 1. The highest BCUT2D eigenvalue weighted by Crippen LogP contribution is 2.14. The van der Waals surface area contributed by atoms with Crippen LogP contribution in [0.15, 0.2) is 17.1 Å². The molecule has 24 heavy (non-hydrogen) atoms. The summed E-state index contributed by atoms with van der Waals surface area (Å²) >= 11 is 1.77.